The molecule has 2 aromatic carbocycles. The molecule has 0 aliphatic carbocycles. The first kappa shape index (κ1) is 12.7. The average molecular weight is 371 g/mol. The standard InChI is InChI=1S/C13H9Br2NS/c14-10-1-5-12(6-2-10)16(9-17)13-7-3-11(15)4-8-13/h1-9H. The second-order valence-corrected chi connectivity index (χ2v) is 5.47. The minimum Gasteiger partial charge on any atom is -0.307 e. The van der Waals surface area contributed by atoms with Crippen molar-refractivity contribution in [1.82, 2.24) is 0 Å². The highest BCUT2D eigenvalue weighted by Gasteiger charge is 2.05. The van der Waals surface area contributed by atoms with Gasteiger partial charge in [-0.25, -0.2) is 0 Å². The normalized spacial score (nSPS) is 10.0. The highest BCUT2D eigenvalue weighted by molar-refractivity contribution is 9.10. The Morgan fingerprint density at radius 1 is 0.765 bits per heavy atom. The molecule has 86 valence electrons. The Labute approximate surface area is 123 Å². The molecule has 0 aliphatic rings. The Bertz CT molecular complexity index is 462. The van der Waals surface area contributed by atoms with Crippen LogP contribution in [-0.2, 0) is 0 Å². The Hall–Kier alpha value is -0.710. The van der Waals surface area contributed by atoms with E-state index in [-0.39, 0.29) is 0 Å². The first-order valence-electron chi connectivity index (χ1n) is 4.96. The largest absolute Gasteiger partial charge is 0.307 e. The SMILES string of the molecule is S=CN(c1ccc(Br)cc1)c1ccc(Br)cc1. The molecule has 0 N–H and O–H groups in total. The molecular formula is C13H9Br2NS. The third kappa shape index (κ3) is 3.15. The Kier molecular flexibility index (Phi) is 4.31. The van der Waals surface area contributed by atoms with E-state index in [0.29, 0.717) is 0 Å². The molecule has 2 rings (SSSR count). The van der Waals surface area contributed by atoms with E-state index in [4.69, 9.17) is 12.2 Å². The van der Waals surface area contributed by atoms with E-state index in [1.165, 1.54) is 0 Å². The molecule has 0 heterocycles. The number of nitrogens with zero attached hydrogens (tertiary/aromatic N) is 1. The van der Waals surface area contributed by atoms with Crippen LogP contribution in [-0.4, -0.2) is 5.49 Å². The molecule has 0 aromatic heterocycles. The van der Waals surface area contributed by atoms with Crippen LogP contribution in [0.3, 0.4) is 0 Å². The molecule has 17 heavy (non-hydrogen) atoms. The summed E-state index contributed by atoms with van der Waals surface area (Å²) in [5.41, 5.74) is 3.74. The summed E-state index contributed by atoms with van der Waals surface area (Å²) < 4.78 is 2.11. The van der Waals surface area contributed by atoms with E-state index in [9.17, 15) is 0 Å². The molecule has 0 aliphatic heterocycles. The number of benzene rings is 2. The highest BCUT2D eigenvalue weighted by atomic mass is 79.9. The van der Waals surface area contributed by atoms with Gasteiger partial charge < -0.3 is 4.90 Å². The van der Waals surface area contributed by atoms with Crippen LogP contribution >= 0.6 is 44.1 Å². The molecule has 0 radical (unpaired) electrons. The molecular weight excluding hydrogens is 362 g/mol. The molecule has 0 fully saturated rings. The van der Waals surface area contributed by atoms with Gasteiger partial charge in [0, 0.05) is 20.3 Å². The van der Waals surface area contributed by atoms with Crippen LogP contribution in [0.25, 0.3) is 0 Å². The van der Waals surface area contributed by atoms with Gasteiger partial charge in [-0.3, -0.25) is 0 Å². The number of anilines is 2. The van der Waals surface area contributed by atoms with Crippen molar-refractivity contribution in [3.05, 3.63) is 57.5 Å². The minimum atomic E-state index is 1.05. The summed E-state index contributed by atoms with van der Waals surface area (Å²) in [5.74, 6) is 0. The van der Waals surface area contributed by atoms with Crippen molar-refractivity contribution >= 4 is 60.9 Å². The zero-order valence-corrected chi connectivity index (χ0v) is 12.8. The summed E-state index contributed by atoms with van der Waals surface area (Å²) in [6, 6.07) is 16.1. The first-order valence-corrected chi connectivity index (χ1v) is 7.02. The van der Waals surface area contributed by atoms with E-state index < -0.39 is 0 Å². The second kappa shape index (κ2) is 5.76. The van der Waals surface area contributed by atoms with Gasteiger partial charge in [-0.05, 0) is 48.5 Å². The van der Waals surface area contributed by atoms with Gasteiger partial charge in [0.2, 0.25) is 0 Å². The van der Waals surface area contributed by atoms with E-state index in [1.807, 2.05) is 53.4 Å². The fourth-order valence-electron chi connectivity index (χ4n) is 1.47. The zero-order valence-electron chi connectivity index (χ0n) is 8.81. The Morgan fingerprint density at radius 3 is 1.41 bits per heavy atom. The van der Waals surface area contributed by atoms with Crippen molar-refractivity contribution < 1.29 is 0 Å². The van der Waals surface area contributed by atoms with Crippen LogP contribution in [0.5, 0.6) is 0 Å². The van der Waals surface area contributed by atoms with Crippen LogP contribution in [0.2, 0.25) is 0 Å². The number of hydrogen-bond donors (Lipinski definition) is 0. The van der Waals surface area contributed by atoms with E-state index in [0.717, 1.165) is 20.3 Å². The number of halogens is 2. The fourth-order valence-corrected chi connectivity index (χ4v) is 2.25. The smallest absolute Gasteiger partial charge is 0.0731 e. The van der Waals surface area contributed by atoms with Crippen molar-refractivity contribution in [3.63, 3.8) is 0 Å². The fraction of sp³-hybridized carbons (Fsp3) is 0. The van der Waals surface area contributed by atoms with Crippen LogP contribution in [0.1, 0.15) is 0 Å². The van der Waals surface area contributed by atoms with Crippen molar-refractivity contribution in [3.8, 4) is 0 Å². The van der Waals surface area contributed by atoms with Gasteiger partial charge in [0.05, 0.1) is 5.49 Å². The predicted octanol–water partition coefficient (Wildman–Crippen LogP) is 5.31. The summed E-state index contributed by atoms with van der Waals surface area (Å²) in [4.78, 5) is 1.97. The molecule has 0 atom stereocenters. The summed E-state index contributed by atoms with van der Waals surface area (Å²) in [6.45, 7) is 0. The van der Waals surface area contributed by atoms with Gasteiger partial charge in [-0.15, -0.1) is 0 Å². The molecule has 4 heteroatoms. The molecule has 0 saturated carbocycles. The molecule has 0 saturated heterocycles. The quantitative estimate of drug-likeness (QED) is 0.673. The second-order valence-electron chi connectivity index (χ2n) is 3.43. The van der Waals surface area contributed by atoms with E-state index in [1.54, 1.807) is 5.49 Å². The van der Waals surface area contributed by atoms with Gasteiger partial charge in [0.1, 0.15) is 0 Å². The maximum absolute atomic E-state index is 5.08. The molecule has 0 spiro atoms. The summed E-state index contributed by atoms with van der Waals surface area (Å²) in [6.07, 6.45) is 0. The maximum atomic E-state index is 5.08. The predicted molar refractivity (Wildman–Crippen MR) is 84.1 cm³/mol. The molecule has 2 aromatic rings. The molecule has 0 unspecified atom stereocenters. The van der Waals surface area contributed by atoms with Crippen LogP contribution < -0.4 is 4.90 Å². The van der Waals surface area contributed by atoms with Gasteiger partial charge in [-0.2, -0.15) is 0 Å². The van der Waals surface area contributed by atoms with E-state index in [2.05, 4.69) is 31.9 Å². The lowest BCUT2D eigenvalue weighted by molar-refractivity contribution is 1.38. The summed E-state index contributed by atoms with van der Waals surface area (Å²) in [5, 5.41) is 0. The highest BCUT2D eigenvalue weighted by Crippen LogP contribution is 2.26. The maximum Gasteiger partial charge on any atom is 0.0731 e. The van der Waals surface area contributed by atoms with Crippen LogP contribution in [0.4, 0.5) is 11.4 Å². The van der Waals surface area contributed by atoms with Gasteiger partial charge in [0.25, 0.3) is 0 Å². The van der Waals surface area contributed by atoms with E-state index >= 15 is 0 Å². The van der Waals surface area contributed by atoms with Crippen molar-refractivity contribution in [1.29, 1.82) is 0 Å². The minimum absolute atomic E-state index is 1.05. The Balaban J connectivity index is 2.36. The van der Waals surface area contributed by atoms with Gasteiger partial charge in [-0.1, -0.05) is 44.1 Å². The number of thiocarbonyl (C=S) groups is 1. The Morgan fingerprint density at radius 2 is 1.12 bits per heavy atom. The van der Waals surface area contributed by atoms with Crippen molar-refractivity contribution in [2.24, 2.45) is 0 Å². The molecule has 0 amide bonds. The van der Waals surface area contributed by atoms with Gasteiger partial charge in [0.15, 0.2) is 0 Å². The lowest BCUT2D eigenvalue weighted by Gasteiger charge is -2.19. The topological polar surface area (TPSA) is 3.24 Å². The third-order valence-electron chi connectivity index (χ3n) is 2.32. The monoisotopic (exact) mass is 369 g/mol. The average Bonchev–Trinajstić information content (AvgIpc) is 2.35. The van der Waals surface area contributed by atoms with Crippen molar-refractivity contribution in [2.45, 2.75) is 0 Å². The lowest BCUT2D eigenvalue weighted by Crippen LogP contribution is -2.12. The van der Waals surface area contributed by atoms with Crippen LogP contribution in [0.15, 0.2) is 57.5 Å². The first-order chi connectivity index (χ1) is 8.20. The van der Waals surface area contributed by atoms with Crippen LogP contribution in [0, 0.1) is 0 Å². The molecule has 1 nitrogen and oxygen atoms in total. The van der Waals surface area contributed by atoms with Crippen molar-refractivity contribution in [2.75, 3.05) is 4.90 Å². The lowest BCUT2D eigenvalue weighted by atomic mass is 10.2. The zero-order chi connectivity index (χ0) is 12.3. The number of rotatable bonds is 3. The molecule has 0 bridgehead atoms. The summed E-state index contributed by atoms with van der Waals surface area (Å²) >= 11 is 11.9. The summed E-state index contributed by atoms with van der Waals surface area (Å²) in [7, 11) is 0. The van der Waals surface area contributed by atoms with Gasteiger partial charge >= 0.3 is 0 Å². The third-order valence-corrected chi connectivity index (χ3v) is 3.58. The number of hydrogen-bond acceptors (Lipinski definition) is 1.